The molecule has 82 valence electrons. The second kappa shape index (κ2) is 4.67. The Hall–Kier alpha value is -0.340. The molecular weight excluding hydrogens is 252 g/mol. The average molecular weight is 269 g/mol. The first-order chi connectivity index (χ1) is 7.27. The highest BCUT2D eigenvalue weighted by Crippen LogP contribution is 2.36. The predicted molar refractivity (Wildman–Crippen MR) is 66.7 cm³/mol. The summed E-state index contributed by atoms with van der Waals surface area (Å²) in [6.45, 7) is 3.93. The smallest absolute Gasteiger partial charge is 0.0474 e. The molecule has 1 aliphatic rings. The molecule has 0 amide bonds. The maximum atomic E-state index is 5.46. The first kappa shape index (κ1) is 11.2. The van der Waals surface area contributed by atoms with E-state index in [1.54, 1.807) is 0 Å². The van der Waals surface area contributed by atoms with E-state index in [9.17, 15) is 0 Å². The van der Waals surface area contributed by atoms with Crippen molar-refractivity contribution in [2.75, 3.05) is 18.5 Å². The van der Waals surface area contributed by atoms with Gasteiger partial charge >= 0.3 is 0 Å². The van der Waals surface area contributed by atoms with Crippen molar-refractivity contribution in [1.82, 2.24) is 0 Å². The van der Waals surface area contributed by atoms with Gasteiger partial charge in [0.25, 0.3) is 0 Å². The summed E-state index contributed by atoms with van der Waals surface area (Å²) < 4.78 is 5.46. The molecule has 1 nitrogen and oxygen atoms in total. The van der Waals surface area contributed by atoms with Crippen molar-refractivity contribution in [2.24, 2.45) is 0 Å². The van der Waals surface area contributed by atoms with Gasteiger partial charge in [0.05, 0.1) is 0 Å². The van der Waals surface area contributed by atoms with Gasteiger partial charge in [0.1, 0.15) is 0 Å². The van der Waals surface area contributed by atoms with Crippen LogP contribution in [0.1, 0.15) is 24.0 Å². The van der Waals surface area contributed by atoms with Crippen LogP contribution in [0.3, 0.4) is 0 Å². The zero-order valence-electron chi connectivity index (χ0n) is 9.13. The van der Waals surface area contributed by atoms with Crippen LogP contribution < -0.4 is 0 Å². The standard InChI is InChI=1S/C13H17BrO/c1-11-3-2-4-12(9-11)13(10-14)5-7-15-8-6-13/h2-4,9H,5-8,10H2,1H3. The van der Waals surface area contributed by atoms with E-state index in [1.165, 1.54) is 11.1 Å². The molecule has 1 saturated heterocycles. The quantitative estimate of drug-likeness (QED) is 0.747. The van der Waals surface area contributed by atoms with Crippen LogP contribution in [-0.4, -0.2) is 18.5 Å². The first-order valence-electron chi connectivity index (χ1n) is 5.48. The largest absolute Gasteiger partial charge is 0.381 e. The summed E-state index contributed by atoms with van der Waals surface area (Å²) in [7, 11) is 0. The summed E-state index contributed by atoms with van der Waals surface area (Å²) >= 11 is 3.67. The highest BCUT2D eigenvalue weighted by atomic mass is 79.9. The van der Waals surface area contributed by atoms with Crippen molar-refractivity contribution in [3.8, 4) is 0 Å². The Morgan fingerprint density at radius 1 is 1.33 bits per heavy atom. The van der Waals surface area contributed by atoms with E-state index < -0.39 is 0 Å². The summed E-state index contributed by atoms with van der Waals surface area (Å²) in [5, 5.41) is 1.03. The molecule has 0 bridgehead atoms. The molecule has 2 heteroatoms. The lowest BCUT2D eigenvalue weighted by atomic mass is 9.76. The van der Waals surface area contributed by atoms with Gasteiger partial charge in [-0.15, -0.1) is 0 Å². The van der Waals surface area contributed by atoms with Crippen LogP contribution in [0.4, 0.5) is 0 Å². The number of hydrogen-bond donors (Lipinski definition) is 0. The van der Waals surface area contributed by atoms with Crippen molar-refractivity contribution in [2.45, 2.75) is 25.2 Å². The first-order valence-corrected chi connectivity index (χ1v) is 6.60. The van der Waals surface area contributed by atoms with Gasteiger partial charge in [-0.1, -0.05) is 45.8 Å². The average Bonchev–Trinajstić information content (AvgIpc) is 2.30. The van der Waals surface area contributed by atoms with E-state index >= 15 is 0 Å². The minimum absolute atomic E-state index is 0.296. The molecule has 0 N–H and O–H groups in total. The summed E-state index contributed by atoms with van der Waals surface area (Å²) in [5.41, 5.74) is 3.10. The van der Waals surface area contributed by atoms with Crippen molar-refractivity contribution in [3.63, 3.8) is 0 Å². The molecule has 0 spiro atoms. The van der Waals surface area contributed by atoms with Crippen LogP contribution in [0.2, 0.25) is 0 Å². The van der Waals surface area contributed by atoms with Crippen molar-refractivity contribution in [3.05, 3.63) is 35.4 Å². The molecule has 1 aromatic rings. The van der Waals surface area contributed by atoms with Gasteiger partial charge in [-0.2, -0.15) is 0 Å². The topological polar surface area (TPSA) is 9.23 Å². The monoisotopic (exact) mass is 268 g/mol. The zero-order chi connectivity index (χ0) is 10.7. The molecule has 0 radical (unpaired) electrons. The maximum Gasteiger partial charge on any atom is 0.0474 e. The van der Waals surface area contributed by atoms with Crippen LogP contribution in [0.5, 0.6) is 0 Å². The lowest BCUT2D eigenvalue weighted by molar-refractivity contribution is 0.0584. The molecule has 2 rings (SSSR count). The Morgan fingerprint density at radius 2 is 2.07 bits per heavy atom. The van der Waals surface area contributed by atoms with Gasteiger partial charge in [-0.25, -0.2) is 0 Å². The number of halogens is 1. The molecular formula is C13H17BrO. The van der Waals surface area contributed by atoms with Crippen molar-refractivity contribution < 1.29 is 4.74 Å². The number of hydrogen-bond acceptors (Lipinski definition) is 1. The van der Waals surface area contributed by atoms with E-state index in [4.69, 9.17) is 4.74 Å². The van der Waals surface area contributed by atoms with E-state index in [0.29, 0.717) is 5.41 Å². The van der Waals surface area contributed by atoms with Crippen LogP contribution in [0.25, 0.3) is 0 Å². The Labute approximate surface area is 100.0 Å². The summed E-state index contributed by atoms with van der Waals surface area (Å²) in [6.07, 6.45) is 2.25. The predicted octanol–water partition coefficient (Wildman–Crippen LogP) is 3.44. The number of aryl methyl sites for hydroxylation is 1. The molecule has 1 aromatic carbocycles. The Kier molecular flexibility index (Phi) is 3.47. The fraction of sp³-hybridized carbons (Fsp3) is 0.538. The van der Waals surface area contributed by atoms with E-state index in [2.05, 4.69) is 47.1 Å². The second-order valence-electron chi connectivity index (χ2n) is 4.40. The van der Waals surface area contributed by atoms with Crippen LogP contribution in [0.15, 0.2) is 24.3 Å². The molecule has 0 unspecified atom stereocenters. The molecule has 1 heterocycles. The summed E-state index contributed by atoms with van der Waals surface area (Å²) in [6, 6.07) is 8.88. The molecule has 15 heavy (non-hydrogen) atoms. The Balaban J connectivity index is 2.32. The molecule has 0 aliphatic carbocycles. The van der Waals surface area contributed by atoms with Gasteiger partial charge in [0.2, 0.25) is 0 Å². The Morgan fingerprint density at radius 3 is 2.67 bits per heavy atom. The van der Waals surface area contributed by atoms with Crippen molar-refractivity contribution in [1.29, 1.82) is 0 Å². The Bertz CT molecular complexity index is 329. The lowest BCUT2D eigenvalue weighted by Gasteiger charge is -2.36. The third kappa shape index (κ3) is 2.26. The molecule has 1 fully saturated rings. The van der Waals surface area contributed by atoms with Crippen LogP contribution >= 0.6 is 15.9 Å². The normalized spacial score (nSPS) is 20.1. The van der Waals surface area contributed by atoms with Crippen LogP contribution in [-0.2, 0) is 10.2 Å². The van der Waals surface area contributed by atoms with Crippen LogP contribution in [0, 0.1) is 6.92 Å². The molecule has 0 atom stereocenters. The van der Waals surface area contributed by atoms with Gasteiger partial charge in [0.15, 0.2) is 0 Å². The number of rotatable bonds is 2. The minimum Gasteiger partial charge on any atom is -0.381 e. The lowest BCUT2D eigenvalue weighted by Crippen LogP contribution is -2.35. The molecule has 0 aromatic heterocycles. The fourth-order valence-electron chi connectivity index (χ4n) is 2.24. The number of alkyl halides is 1. The van der Waals surface area contributed by atoms with Gasteiger partial charge < -0.3 is 4.74 Å². The minimum atomic E-state index is 0.296. The summed E-state index contributed by atoms with van der Waals surface area (Å²) in [5.74, 6) is 0. The zero-order valence-corrected chi connectivity index (χ0v) is 10.7. The highest BCUT2D eigenvalue weighted by Gasteiger charge is 2.33. The third-order valence-electron chi connectivity index (χ3n) is 3.34. The fourth-order valence-corrected chi connectivity index (χ4v) is 3.12. The second-order valence-corrected chi connectivity index (χ2v) is 4.96. The van der Waals surface area contributed by atoms with E-state index in [-0.39, 0.29) is 0 Å². The SMILES string of the molecule is Cc1cccc(C2(CBr)CCOCC2)c1. The number of ether oxygens (including phenoxy) is 1. The third-order valence-corrected chi connectivity index (χ3v) is 4.41. The van der Waals surface area contributed by atoms with Gasteiger partial charge in [0, 0.05) is 24.0 Å². The number of benzene rings is 1. The molecule has 0 saturated carbocycles. The van der Waals surface area contributed by atoms with Gasteiger partial charge in [-0.3, -0.25) is 0 Å². The maximum absolute atomic E-state index is 5.46. The van der Waals surface area contributed by atoms with Crippen molar-refractivity contribution >= 4 is 15.9 Å². The van der Waals surface area contributed by atoms with E-state index in [0.717, 1.165) is 31.4 Å². The van der Waals surface area contributed by atoms with E-state index in [1.807, 2.05) is 0 Å². The highest BCUT2D eigenvalue weighted by molar-refractivity contribution is 9.09. The molecule has 1 aliphatic heterocycles. The summed E-state index contributed by atoms with van der Waals surface area (Å²) in [4.78, 5) is 0. The van der Waals surface area contributed by atoms with Gasteiger partial charge in [-0.05, 0) is 25.3 Å².